The second-order valence-electron chi connectivity index (χ2n) is 6.98. The highest BCUT2D eigenvalue weighted by Gasteiger charge is 2.42. The van der Waals surface area contributed by atoms with Crippen LogP contribution in [0.15, 0.2) is 72.8 Å². The monoisotopic (exact) mass is 332 g/mol. The molecule has 2 aliphatic heterocycles. The SMILES string of the molecule is O=C1[C@@H](N(Cc2ccccc2)Cc2ccccc2)C[C@H]2CC=CCN12. The highest BCUT2D eigenvalue weighted by Crippen LogP contribution is 2.30. The van der Waals surface area contributed by atoms with Gasteiger partial charge in [0.05, 0.1) is 6.04 Å². The molecule has 0 bridgehead atoms. The molecule has 0 aromatic heterocycles. The molecule has 25 heavy (non-hydrogen) atoms. The van der Waals surface area contributed by atoms with Crippen LogP contribution in [0.1, 0.15) is 24.0 Å². The molecule has 1 saturated heterocycles. The molecule has 0 unspecified atom stereocenters. The maximum atomic E-state index is 13.0. The number of benzene rings is 2. The number of rotatable bonds is 5. The summed E-state index contributed by atoms with van der Waals surface area (Å²) in [5.41, 5.74) is 2.52. The topological polar surface area (TPSA) is 23.6 Å². The molecular weight excluding hydrogens is 308 g/mol. The molecule has 0 aliphatic carbocycles. The Hall–Kier alpha value is -2.39. The number of fused-ring (bicyclic) bond motifs is 1. The van der Waals surface area contributed by atoms with E-state index in [2.05, 4.69) is 70.5 Å². The first-order valence-corrected chi connectivity index (χ1v) is 9.08. The van der Waals surface area contributed by atoms with E-state index in [1.807, 2.05) is 12.1 Å². The molecule has 0 radical (unpaired) electrons. The van der Waals surface area contributed by atoms with E-state index in [1.54, 1.807) is 0 Å². The largest absolute Gasteiger partial charge is 0.334 e. The van der Waals surface area contributed by atoms with Crippen molar-refractivity contribution in [3.8, 4) is 0 Å². The summed E-state index contributed by atoms with van der Waals surface area (Å²) in [6.07, 6.45) is 6.26. The lowest BCUT2D eigenvalue weighted by molar-refractivity contribution is -0.133. The predicted molar refractivity (Wildman–Crippen MR) is 99.8 cm³/mol. The second-order valence-corrected chi connectivity index (χ2v) is 6.98. The lowest BCUT2D eigenvalue weighted by Gasteiger charge is -2.28. The van der Waals surface area contributed by atoms with Crippen molar-refractivity contribution in [2.45, 2.75) is 38.0 Å². The van der Waals surface area contributed by atoms with Crippen LogP contribution in [0.2, 0.25) is 0 Å². The molecule has 2 aliphatic rings. The Morgan fingerprint density at radius 3 is 2.04 bits per heavy atom. The molecule has 128 valence electrons. The smallest absolute Gasteiger partial charge is 0.240 e. The van der Waals surface area contributed by atoms with Gasteiger partial charge >= 0.3 is 0 Å². The third-order valence-corrected chi connectivity index (χ3v) is 5.28. The average molecular weight is 332 g/mol. The Kier molecular flexibility index (Phi) is 4.66. The van der Waals surface area contributed by atoms with Crippen molar-refractivity contribution in [1.29, 1.82) is 0 Å². The van der Waals surface area contributed by atoms with Gasteiger partial charge < -0.3 is 4.90 Å². The Labute approximate surface area is 149 Å². The molecule has 3 nitrogen and oxygen atoms in total. The van der Waals surface area contributed by atoms with Crippen molar-refractivity contribution in [3.05, 3.63) is 83.9 Å². The van der Waals surface area contributed by atoms with Crippen LogP contribution in [0, 0.1) is 0 Å². The lowest BCUT2D eigenvalue weighted by Crippen LogP contribution is -2.42. The Balaban J connectivity index is 1.57. The predicted octanol–water partition coefficient (Wildman–Crippen LogP) is 3.62. The zero-order valence-corrected chi connectivity index (χ0v) is 14.4. The molecule has 0 spiro atoms. The van der Waals surface area contributed by atoms with Crippen molar-refractivity contribution in [2.24, 2.45) is 0 Å². The fourth-order valence-corrected chi connectivity index (χ4v) is 3.98. The number of carbonyl (C=O) groups excluding carboxylic acids is 1. The number of amides is 1. The van der Waals surface area contributed by atoms with Crippen LogP contribution in [0.4, 0.5) is 0 Å². The van der Waals surface area contributed by atoms with Crippen LogP contribution < -0.4 is 0 Å². The molecule has 1 amide bonds. The Bertz CT molecular complexity index is 700. The Morgan fingerprint density at radius 1 is 0.880 bits per heavy atom. The molecule has 0 N–H and O–H groups in total. The van der Waals surface area contributed by atoms with Gasteiger partial charge in [-0.3, -0.25) is 9.69 Å². The molecule has 2 aromatic rings. The van der Waals surface area contributed by atoms with Crippen LogP contribution in [0.25, 0.3) is 0 Å². The normalized spacial score (nSPS) is 22.4. The maximum absolute atomic E-state index is 13.0. The first-order valence-electron chi connectivity index (χ1n) is 9.08. The summed E-state index contributed by atoms with van der Waals surface area (Å²) in [6.45, 7) is 2.38. The summed E-state index contributed by atoms with van der Waals surface area (Å²) in [7, 11) is 0. The van der Waals surface area contributed by atoms with E-state index in [-0.39, 0.29) is 6.04 Å². The molecule has 1 fully saturated rings. The summed E-state index contributed by atoms with van der Waals surface area (Å²) < 4.78 is 0. The third kappa shape index (κ3) is 3.52. The van der Waals surface area contributed by atoms with Crippen LogP contribution >= 0.6 is 0 Å². The zero-order chi connectivity index (χ0) is 17.1. The number of carbonyl (C=O) groups is 1. The molecular formula is C22H24N2O. The van der Waals surface area contributed by atoms with Gasteiger partial charge in [-0.05, 0) is 24.0 Å². The highest BCUT2D eigenvalue weighted by atomic mass is 16.2. The fraction of sp³-hybridized carbons (Fsp3) is 0.318. The van der Waals surface area contributed by atoms with E-state index in [1.165, 1.54) is 11.1 Å². The van der Waals surface area contributed by atoms with Crippen molar-refractivity contribution < 1.29 is 4.79 Å². The van der Waals surface area contributed by atoms with Crippen LogP contribution in [0.5, 0.6) is 0 Å². The Morgan fingerprint density at radius 2 is 1.48 bits per heavy atom. The molecule has 2 atom stereocenters. The van der Waals surface area contributed by atoms with Gasteiger partial charge in [0.25, 0.3) is 0 Å². The lowest BCUT2D eigenvalue weighted by atomic mass is 10.0. The standard InChI is InChI=1S/C22H24N2O/c25-22-21(15-20-13-7-8-14-24(20)22)23(16-18-9-3-1-4-10-18)17-19-11-5-2-6-12-19/h1-12,20-21H,13-17H2/t20-,21+/m1/s1. The average Bonchev–Trinajstić information content (AvgIpc) is 3.00. The maximum Gasteiger partial charge on any atom is 0.240 e. The minimum Gasteiger partial charge on any atom is -0.334 e. The number of hydrogen-bond donors (Lipinski definition) is 0. The molecule has 4 rings (SSSR count). The van der Waals surface area contributed by atoms with Gasteiger partial charge in [-0.15, -0.1) is 0 Å². The van der Waals surface area contributed by atoms with E-state index in [9.17, 15) is 4.79 Å². The van der Waals surface area contributed by atoms with Gasteiger partial charge in [-0.1, -0.05) is 72.8 Å². The van der Waals surface area contributed by atoms with E-state index >= 15 is 0 Å². The zero-order valence-electron chi connectivity index (χ0n) is 14.4. The minimum absolute atomic E-state index is 0.0229. The van der Waals surface area contributed by atoms with Crippen LogP contribution in [-0.4, -0.2) is 34.3 Å². The van der Waals surface area contributed by atoms with Gasteiger partial charge in [0.2, 0.25) is 5.91 Å². The second kappa shape index (κ2) is 7.24. The molecule has 2 heterocycles. The van der Waals surface area contributed by atoms with Gasteiger partial charge in [0, 0.05) is 25.7 Å². The summed E-state index contributed by atoms with van der Waals surface area (Å²) >= 11 is 0. The van der Waals surface area contributed by atoms with Crippen molar-refractivity contribution in [2.75, 3.05) is 6.54 Å². The van der Waals surface area contributed by atoms with E-state index in [0.29, 0.717) is 11.9 Å². The summed E-state index contributed by atoms with van der Waals surface area (Å²) in [5, 5.41) is 0. The van der Waals surface area contributed by atoms with Crippen molar-refractivity contribution in [3.63, 3.8) is 0 Å². The van der Waals surface area contributed by atoms with Gasteiger partial charge in [-0.25, -0.2) is 0 Å². The summed E-state index contributed by atoms with van der Waals surface area (Å²) in [5.74, 6) is 0.293. The van der Waals surface area contributed by atoms with Gasteiger partial charge in [0.1, 0.15) is 0 Å². The van der Waals surface area contributed by atoms with Crippen LogP contribution in [0.3, 0.4) is 0 Å². The van der Waals surface area contributed by atoms with E-state index in [4.69, 9.17) is 0 Å². The first kappa shape index (κ1) is 16.1. The number of hydrogen-bond acceptors (Lipinski definition) is 2. The minimum atomic E-state index is -0.0229. The summed E-state index contributed by atoms with van der Waals surface area (Å²) in [4.78, 5) is 17.4. The van der Waals surface area contributed by atoms with E-state index in [0.717, 1.165) is 32.5 Å². The third-order valence-electron chi connectivity index (χ3n) is 5.28. The molecule has 0 saturated carbocycles. The van der Waals surface area contributed by atoms with Crippen LogP contribution in [-0.2, 0) is 17.9 Å². The number of nitrogens with zero attached hydrogens (tertiary/aromatic N) is 2. The quantitative estimate of drug-likeness (QED) is 0.781. The van der Waals surface area contributed by atoms with Gasteiger partial charge in [-0.2, -0.15) is 0 Å². The molecule has 2 aromatic carbocycles. The van der Waals surface area contributed by atoms with E-state index < -0.39 is 0 Å². The fourth-order valence-electron chi connectivity index (χ4n) is 3.98. The molecule has 3 heteroatoms. The van der Waals surface area contributed by atoms with Gasteiger partial charge in [0.15, 0.2) is 0 Å². The highest BCUT2D eigenvalue weighted by molar-refractivity contribution is 5.85. The summed E-state index contributed by atoms with van der Waals surface area (Å²) in [6, 6.07) is 21.3. The first-order chi connectivity index (χ1) is 12.3. The van der Waals surface area contributed by atoms with Crippen molar-refractivity contribution >= 4 is 5.91 Å². The van der Waals surface area contributed by atoms with Crippen molar-refractivity contribution in [1.82, 2.24) is 9.80 Å².